The number of piperidine rings is 1. The molecule has 1 heterocycles. The van der Waals surface area contributed by atoms with Crippen LogP contribution in [-0.2, 0) is 6.54 Å². The minimum atomic E-state index is -0.203. The molecule has 1 aliphatic rings. The molecule has 17 heavy (non-hydrogen) atoms. The molecule has 2 atom stereocenters. The summed E-state index contributed by atoms with van der Waals surface area (Å²) in [4.78, 5) is 2.89. The highest BCUT2D eigenvalue weighted by Crippen LogP contribution is 2.25. The van der Waals surface area contributed by atoms with Crippen molar-refractivity contribution in [2.45, 2.75) is 24.7 Å². The number of hydrogen-bond donors (Lipinski definition) is 0. The van der Waals surface area contributed by atoms with Crippen LogP contribution in [0.3, 0.4) is 0 Å². The van der Waals surface area contributed by atoms with Gasteiger partial charge >= 0.3 is 0 Å². The van der Waals surface area contributed by atoms with E-state index in [1.54, 1.807) is 12.1 Å². The van der Waals surface area contributed by atoms with Crippen LogP contribution in [-0.4, -0.2) is 22.8 Å². The Kier molecular flexibility index (Phi) is 4.45. The molecule has 1 aliphatic heterocycles. The number of hydrogen-bond acceptors (Lipinski definition) is 1. The van der Waals surface area contributed by atoms with Crippen LogP contribution in [0.1, 0.15) is 18.9 Å². The predicted octanol–water partition coefficient (Wildman–Crippen LogP) is 4.08. The number of halogens is 3. The van der Waals surface area contributed by atoms with E-state index < -0.39 is 0 Å². The van der Waals surface area contributed by atoms with Gasteiger partial charge in [0, 0.05) is 28.5 Å². The molecule has 1 aromatic carbocycles. The van der Waals surface area contributed by atoms with Crippen molar-refractivity contribution in [3.8, 4) is 0 Å². The van der Waals surface area contributed by atoms with Crippen LogP contribution in [0.5, 0.6) is 0 Å². The summed E-state index contributed by atoms with van der Waals surface area (Å²) in [6.45, 7) is 4.93. The predicted molar refractivity (Wildman–Crippen MR) is 73.2 cm³/mol. The molecule has 0 radical (unpaired) electrons. The van der Waals surface area contributed by atoms with Crippen LogP contribution in [0.25, 0.3) is 0 Å². The van der Waals surface area contributed by atoms with E-state index in [2.05, 4.69) is 27.8 Å². The SMILES string of the molecule is CC1CN(Cc2ccc(Cl)cc2F)CCC1Br. The van der Waals surface area contributed by atoms with Gasteiger partial charge in [-0.15, -0.1) is 0 Å². The molecule has 1 aromatic rings. The molecule has 2 unspecified atom stereocenters. The largest absolute Gasteiger partial charge is 0.299 e. The molecule has 0 spiro atoms. The van der Waals surface area contributed by atoms with Gasteiger partial charge in [0.05, 0.1) is 0 Å². The smallest absolute Gasteiger partial charge is 0.129 e. The van der Waals surface area contributed by atoms with E-state index in [1.807, 2.05) is 0 Å². The van der Waals surface area contributed by atoms with E-state index in [4.69, 9.17) is 11.6 Å². The third kappa shape index (κ3) is 3.43. The van der Waals surface area contributed by atoms with Gasteiger partial charge in [0.25, 0.3) is 0 Å². The van der Waals surface area contributed by atoms with Gasteiger partial charge in [-0.1, -0.05) is 40.5 Å². The number of alkyl halides is 1. The van der Waals surface area contributed by atoms with Crippen molar-refractivity contribution < 1.29 is 4.39 Å². The summed E-state index contributed by atoms with van der Waals surface area (Å²) in [6, 6.07) is 4.92. The zero-order valence-electron chi connectivity index (χ0n) is 9.80. The van der Waals surface area contributed by atoms with Crippen molar-refractivity contribution in [1.29, 1.82) is 0 Å². The Labute approximate surface area is 115 Å². The molecule has 0 saturated carbocycles. The van der Waals surface area contributed by atoms with Gasteiger partial charge in [-0.25, -0.2) is 4.39 Å². The first kappa shape index (κ1) is 13.3. The van der Waals surface area contributed by atoms with Gasteiger partial charge in [0.15, 0.2) is 0 Å². The molecule has 1 nitrogen and oxygen atoms in total. The Morgan fingerprint density at radius 2 is 2.29 bits per heavy atom. The number of rotatable bonds is 2. The maximum absolute atomic E-state index is 13.7. The normalized spacial score (nSPS) is 26.1. The monoisotopic (exact) mass is 319 g/mol. The van der Waals surface area contributed by atoms with Crippen LogP contribution >= 0.6 is 27.5 Å². The maximum atomic E-state index is 13.7. The van der Waals surface area contributed by atoms with Gasteiger partial charge in [-0.05, 0) is 31.0 Å². The van der Waals surface area contributed by atoms with Crippen LogP contribution < -0.4 is 0 Å². The average molecular weight is 321 g/mol. The lowest BCUT2D eigenvalue weighted by Crippen LogP contribution is -2.39. The Morgan fingerprint density at radius 3 is 2.94 bits per heavy atom. The third-order valence-electron chi connectivity index (χ3n) is 3.29. The average Bonchev–Trinajstić information content (AvgIpc) is 2.27. The van der Waals surface area contributed by atoms with Gasteiger partial charge in [0.2, 0.25) is 0 Å². The highest BCUT2D eigenvalue weighted by Gasteiger charge is 2.24. The van der Waals surface area contributed by atoms with E-state index in [0.717, 1.165) is 25.1 Å². The first-order valence-corrected chi connectivity index (χ1v) is 7.16. The van der Waals surface area contributed by atoms with Crippen LogP contribution in [0.15, 0.2) is 18.2 Å². The van der Waals surface area contributed by atoms with Crippen LogP contribution in [0.2, 0.25) is 5.02 Å². The standard InChI is InChI=1S/C13H16BrClFN/c1-9-7-17(5-4-12(9)14)8-10-2-3-11(15)6-13(10)16/h2-3,6,9,12H,4-5,7-8H2,1H3. The third-order valence-corrected chi connectivity index (χ3v) is 4.89. The van der Waals surface area contributed by atoms with Crippen LogP contribution in [0.4, 0.5) is 4.39 Å². The van der Waals surface area contributed by atoms with Crippen molar-refractivity contribution in [1.82, 2.24) is 4.90 Å². The van der Waals surface area contributed by atoms with Crippen molar-refractivity contribution in [2.75, 3.05) is 13.1 Å². The second-order valence-electron chi connectivity index (χ2n) is 4.75. The molecule has 94 valence electrons. The molecule has 0 aliphatic carbocycles. The summed E-state index contributed by atoms with van der Waals surface area (Å²) in [6.07, 6.45) is 1.12. The second-order valence-corrected chi connectivity index (χ2v) is 6.37. The summed E-state index contributed by atoms with van der Waals surface area (Å²) in [5.74, 6) is 0.408. The summed E-state index contributed by atoms with van der Waals surface area (Å²) in [5.41, 5.74) is 0.731. The fourth-order valence-corrected chi connectivity index (χ4v) is 2.77. The van der Waals surface area contributed by atoms with Gasteiger partial charge < -0.3 is 0 Å². The van der Waals surface area contributed by atoms with Gasteiger partial charge in [0.1, 0.15) is 5.82 Å². The van der Waals surface area contributed by atoms with Crippen molar-refractivity contribution in [2.24, 2.45) is 5.92 Å². The minimum Gasteiger partial charge on any atom is -0.299 e. The molecule has 0 bridgehead atoms. The van der Waals surface area contributed by atoms with Gasteiger partial charge in [-0.3, -0.25) is 4.90 Å². The Morgan fingerprint density at radius 1 is 1.53 bits per heavy atom. The lowest BCUT2D eigenvalue weighted by Gasteiger charge is -2.34. The fourth-order valence-electron chi connectivity index (χ4n) is 2.24. The molecular weight excluding hydrogens is 305 g/mol. The highest BCUT2D eigenvalue weighted by atomic mass is 79.9. The maximum Gasteiger partial charge on any atom is 0.129 e. The van der Waals surface area contributed by atoms with Crippen molar-refractivity contribution >= 4 is 27.5 Å². The molecule has 0 N–H and O–H groups in total. The number of nitrogens with zero attached hydrogens (tertiary/aromatic N) is 1. The summed E-state index contributed by atoms with van der Waals surface area (Å²) in [7, 11) is 0. The van der Waals surface area contributed by atoms with E-state index in [1.165, 1.54) is 6.07 Å². The lowest BCUT2D eigenvalue weighted by molar-refractivity contribution is 0.181. The Bertz CT molecular complexity index is 399. The molecule has 0 amide bonds. The summed E-state index contributed by atoms with van der Waals surface area (Å²) < 4.78 is 13.7. The first-order valence-electron chi connectivity index (χ1n) is 5.86. The lowest BCUT2D eigenvalue weighted by atomic mass is 9.99. The van der Waals surface area contributed by atoms with Crippen molar-refractivity contribution in [3.63, 3.8) is 0 Å². The quantitative estimate of drug-likeness (QED) is 0.742. The highest BCUT2D eigenvalue weighted by molar-refractivity contribution is 9.09. The molecule has 2 rings (SSSR count). The van der Waals surface area contributed by atoms with E-state index in [9.17, 15) is 4.39 Å². The molecular formula is C13H16BrClFN. The minimum absolute atomic E-state index is 0.203. The molecule has 4 heteroatoms. The molecule has 1 fully saturated rings. The topological polar surface area (TPSA) is 3.24 Å². The summed E-state index contributed by atoms with van der Waals surface area (Å²) in [5, 5.41) is 0.457. The second kappa shape index (κ2) is 5.68. The molecule has 0 aromatic heterocycles. The fraction of sp³-hybridized carbons (Fsp3) is 0.538. The zero-order valence-corrected chi connectivity index (χ0v) is 12.1. The Balaban J connectivity index is 2.01. The zero-order chi connectivity index (χ0) is 12.4. The summed E-state index contributed by atoms with van der Waals surface area (Å²) >= 11 is 9.41. The van der Waals surface area contributed by atoms with E-state index in [0.29, 0.717) is 22.3 Å². The number of likely N-dealkylation sites (tertiary alicyclic amines) is 1. The van der Waals surface area contributed by atoms with E-state index >= 15 is 0 Å². The number of benzene rings is 1. The van der Waals surface area contributed by atoms with Crippen LogP contribution in [0, 0.1) is 11.7 Å². The van der Waals surface area contributed by atoms with Crippen molar-refractivity contribution in [3.05, 3.63) is 34.6 Å². The Hall–Kier alpha value is -0.120. The van der Waals surface area contributed by atoms with Gasteiger partial charge in [-0.2, -0.15) is 0 Å². The first-order chi connectivity index (χ1) is 8.06. The molecule has 1 saturated heterocycles. The van der Waals surface area contributed by atoms with E-state index in [-0.39, 0.29) is 5.82 Å².